The van der Waals surface area contributed by atoms with Crippen molar-refractivity contribution in [2.45, 2.75) is 39.3 Å². The van der Waals surface area contributed by atoms with E-state index in [2.05, 4.69) is 44.9 Å². The molecule has 19 heavy (non-hydrogen) atoms. The van der Waals surface area contributed by atoms with Crippen molar-refractivity contribution in [1.82, 2.24) is 4.90 Å². The molecule has 0 aliphatic carbocycles. The van der Waals surface area contributed by atoms with Crippen LogP contribution in [-0.2, 0) is 6.42 Å². The summed E-state index contributed by atoms with van der Waals surface area (Å²) < 4.78 is 5.41. The summed E-state index contributed by atoms with van der Waals surface area (Å²) in [4.78, 5) is 2.38. The number of hydrogen-bond donors (Lipinski definition) is 1. The molecule has 0 aliphatic heterocycles. The first-order chi connectivity index (χ1) is 8.95. The molecule has 0 fully saturated rings. The molecule has 0 spiro atoms. The number of ether oxygens (including phenoxy) is 1. The van der Waals surface area contributed by atoms with Gasteiger partial charge in [0.15, 0.2) is 0 Å². The van der Waals surface area contributed by atoms with Crippen molar-refractivity contribution in [3.05, 3.63) is 29.8 Å². The van der Waals surface area contributed by atoms with Crippen LogP contribution in [0, 0.1) is 5.92 Å². The maximum Gasteiger partial charge on any atom is 0.122 e. The number of likely N-dealkylation sites (N-methyl/N-ethyl adjacent to an activating group) is 1. The van der Waals surface area contributed by atoms with Crippen molar-refractivity contribution in [1.29, 1.82) is 0 Å². The Bertz CT molecular complexity index is 379. The third kappa shape index (κ3) is 4.84. The molecule has 3 nitrogen and oxygen atoms in total. The van der Waals surface area contributed by atoms with E-state index in [-0.39, 0.29) is 6.04 Å². The van der Waals surface area contributed by atoms with Crippen molar-refractivity contribution in [2.24, 2.45) is 11.7 Å². The fourth-order valence-corrected chi connectivity index (χ4v) is 2.15. The minimum atomic E-state index is 0.237. The maximum atomic E-state index is 5.94. The molecule has 3 unspecified atom stereocenters. The molecule has 0 saturated heterocycles. The van der Waals surface area contributed by atoms with Crippen LogP contribution in [0.5, 0.6) is 5.75 Å². The normalized spacial score (nSPS) is 16.2. The average Bonchev–Trinajstić information content (AvgIpc) is 2.38. The molecule has 0 aliphatic rings. The topological polar surface area (TPSA) is 38.5 Å². The van der Waals surface area contributed by atoms with Gasteiger partial charge in [0.1, 0.15) is 5.75 Å². The molecule has 0 radical (unpaired) electrons. The quantitative estimate of drug-likeness (QED) is 0.822. The van der Waals surface area contributed by atoms with Crippen LogP contribution in [-0.4, -0.2) is 37.7 Å². The van der Waals surface area contributed by atoms with Gasteiger partial charge in [-0.2, -0.15) is 0 Å². The second-order valence-electron chi connectivity index (χ2n) is 5.64. The molecular weight excluding hydrogens is 236 g/mol. The molecule has 3 heteroatoms. The molecule has 108 valence electrons. The Hall–Kier alpha value is -1.06. The maximum absolute atomic E-state index is 5.94. The number of methoxy groups -OCH3 is 1. The van der Waals surface area contributed by atoms with Gasteiger partial charge < -0.3 is 15.4 Å². The van der Waals surface area contributed by atoms with Crippen molar-refractivity contribution >= 4 is 0 Å². The highest BCUT2D eigenvalue weighted by atomic mass is 16.5. The van der Waals surface area contributed by atoms with E-state index in [0.29, 0.717) is 12.0 Å². The largest absolute Gasteiger partial charge is 0.496 e. The van der Waals surface area contributed by atoms with Crippen LogP contribution in [0.1, 0.15) is 26.3 Å². The molecule has 1 rings (SSSR count). The van der Waals surface area contributed by atoms with Crippen LogP contribution in [0.3, 0.4) is 0 Å². The van der Waals surface area contributed by atoms with E-state index in [1.54, 1.807) is 7.11 Å². The number of para-hydroxylation sites is 1. The van der Waals surface area contributed by atoms with Gasteiger partial charge in [-0.25, -0.2) is 0 Å². The predicted octanol–water partition coefficient (Wildman–Crippen LogP) is 2.54. The van der Waals surface area contributed by atoms with E-state index < -0.39 is 0 Å². The van der Waals surface area contributed by atoms with Gasteiger partial charge in [-0.05, 0) is 44.9 Å². The number of nitrogens with two attached hydrogens (primary N) is 1. The summed E-state index contributed by atoms with van der Waals surface area (Å²) in [5.74, 6) is 1.48. The lowest BCUT2D eigenvalue weighted by Gasteiger charge is -2.29. The Kier molecular flexibility index (Phi) is 6.32. The van der Waals surface area contributed by atoms with Gasteiger partial charge in [-0.1, -0.05) is 25.1 Å². The SMILES string of the molecule is COc1ccccc1CC(C)N(C)CC(C)C(C)N. The van der Waals surface area contributed by atoms with E-state index in [9.17, 15) is 0 Å². The van der Waals surface area contributed by atoms with E-state index >= 15 is 0 Å². The van der Waals surface area contributed by atoms with E-state index in [4.69, 9.17) is 10.5 Å². The molecule has 0 bridgehead atoms. The van der Waals surface area contributed by atoms with Gasteiger partial charge in [0.25, 0.3) is 0 Å². The number of rotatable bonds is 7. The van der Waals surface area contributed by atoms with Crippen LogP contribution in [0.2, 0.25) is 0 Å². The van der Waals surface area contributed by atoms with Crippen molar-refractivity contribution in [3.63, 3.8) is 0 Å². The molecule has 1 aromatic carbocycles. The first kappa shape index (κ1) is 16.0. The highest BCUT2D eigenvalue weighted by Crippen LogP contribution is 2.20. The monoisotopic (exact) mass is 264 g/mol. The summed E-state index contributed by atoms with van der Waals surface area (Å²) >= 11 is 0. The van der Waals surface area contributed by atoms with Gasteiger partial charge in [-0.3, -0.25) is 0 Å². The summed E-state index contributed by atoms with van der Waals surface area (Å²) in [5.41, 5.74) is 7.20. The van der Waals surface area contributed by atoms with E-state index in [0.717, 1.165) is 18.7 Å². The number of hydrogen-bond acceptors (Lipinski definition) is 3. The molecule has 0 aromatic heterocycles. The summed E-state index contributed by atoms with van der Waals surface area (Å²) in [6, 6.07) is 8.94. The van der Waals surface area contributed by atoms with Gasteiger partial charge in [0, 0.05) is 18.6 Å². The lowest BCUT2D eigenvalue weighted by Crippen LogP contribution is -2.39. The molecule has 0 saturated carbocycles. The third-order valence-electron chi connectivity index (χ3n) is 3.93. The van der Waals surface area contributed by atoms with Crippen LogP contribution in [0.25, 0.3) is 0 Å². The van der Waals surface area contributed by atoms with Crippen molar-refractivity contribution in [2.75, 3.05) is 20.7 Å². The Morgan fingerprint density at radius 3 is 2.42 bits per heavy atom. The number of nitrogens with zero attached hydrogens (tertiary/aromatic N) is 1. The molecule has 1 aromatic rings. The highest BCUT2D eigenvalue weighted by molar-refractivity contribution is 5.33. The zero-order valence-electron chi connectivity index (χ0n) is 12.9. The molecule has 0 heterocycles. The highest BCUT2D eigenvalue weighted by Gasteiger charge is 2.16. The van der Waals surface area contributed by atoms with Crippen molar-refractivity contribution in [3.8, 4) is 5.75 Å². The van der Waals surface area contributed by atoms with Gasteiger partial charge in [0.2, 0.25) is 0 Å². The van der Waals surface area contributed by atoms with Crippen LogP contribution < -0.4 is 10.5 Å². The Balaban J connectivity index is 2.61. The fraction of sp³-hybridized carbons (Fsp3) is 0.625. The van der Waals surface area contributed by atoms with Gasteiger partial charge in [-0.15, -0.1) is 0 Å². The first-order valence-electron chi connectivity index (χ1n) is 7.03. The Morgan fingerprint density at radius 2 is 1.84 bits per heavy atom. The lowest BCUT2D eigenvalue weighted by atomic mass is 10.0. The zero-order chi connectivity index (χ0) is 14.4. The standard InChI is InChI=1S/C16H28N2O/c1-12(14(3)17)11-18(4)13(2)10-15-8-6-7-9-16(15)19-5/h6-9,12-14H,10-11,17H2,1-5H3. The summed E-state index contributed by atoms with van der Waals surface area (Å²) in [6.07, 6.45) is 0.992. The first-order valence-corrected chi connectivity index (χ1v) is 7.03. The summed E-state index contributed by atoms with van der Waals surface area (Å²) in [5, 5.41) is 0. The molecule has 3 atom stereocenters. The minimum absolute atomic E-state index is 0.237. The molecular formula is C16H28N2O. The van der Waals surface area contributed by atoms with Gasteiger partial charge in [0.05, 0.1) is 7.11 Å². The Labute approximate surface area is 117 Å². The lowest BCUT2D eigenvalue weighted by molar-refractivity contribution is 0.211. The Morgan fingerprint density at radius 1 is 1.21 bits per heavy atom. The van der Waals surface area contributed by atoms with E-state index in [1.807, 2.05) is 12.1 Å². The smallest absolute Gasteiger partial charge is 0.122 e. The minimum Gasteiger partial charge on any atom is -0.496 e. The van der Waals surface area contributed by atoms with Crippen LogP contribution in [0.4, 0.5) is 0 Å². The second-order valence-corrected chi connectivity index (χ2v) is 5.64. The third-order valence-corrected chi connectivity index (χ3v) is 3.93. The average molecular weight is 264 g/mol. The van der Waals surface area contributed by atoms with Crippen LogP contribution in [0.15, 0.2) is 24.3 Å². The fourth-order valence-electron chi connectivity index (χ4n) is 2.15. The summed E-state index contributed by atoms with van der Waals surface area (Å²) in [6.45, 7) is 7.55. The molecule has 2 N–H and O–H groups in total. The van der Waals surface area contributed by atoms with Crippen molar-refractivity contribution < 1.29 is 4.74 Å². The molecule has 0 amide bonds. The predicted molar refractivity (Wildman–Crippen MR) is 81.6 cm³/mol. The van der Waals surface area contributed by atoms with Crippen LogP contribution >= 0.6 is 0 Å². The number of benzene rings is 1. The second kappa shape index (κ2) is 7.51. The zero-order valence-corrected chi connectivity index (χ0v) is 12.9. The van der Waals surface area contributed by atoms with Gasteiger partial charge >= 0.3 is 0 Å². The van der Waals surface area contributed by atoms with E-state index in [1.165, 1.54) is 5.56 Å². The summed E-state index contributed by atoms with van der Waals surface area (Å²) in [7, 11) is 3.89.